The number of fused-ring (bicyclic) bond motifs is 1. The molecule has 1 aromatic rings. The Labute approximate surface area is 166 Å². The van der Waals surface area contributed by atoms with Gasteiger partial charge in [-0.3, -0.25) is 14.8 Å². The minimum Gasteiger partial charge on any atom is -0.497 e. The van der Waals surface area contributed by atoms with E-state index in [1.165, 1.54) is 0 Å². The van der Waals surface area contributed by atoms with Gasteiger partial charge < -0.3 is 9.64 Å². The second-order valence-electron chi connectivity index (χ2n) is 6.69. The van der Waals surface area contributed by atoms with Gasteiger partial charge in [-0.15, -0.1) is 0 Å². The van der Waals surface area contributed by atoms with Crippen LogP contribution in [-0.4, -0.2) is 34.9 Å². The zero-order valence-corrected chi connectivity index (χ0v) is 16.6. The van der Waals surface area contributed by atoms with Crippen LogP contribution in [0.15, 0.2) is 45.7 Å². The Morgan fingerprint density at radius 3 is 2.89 bits per heavy atom. The second-order valence-corrected chi connectivity index (χ2v) is 8.11. The number of anilines is 1. The molecule has 0 aromatic heterocycles. The highest BCUT2D eigenvalue weighted by Gasteiger charge is 2.32. The highest BCUT2D eigenvalue weighted by molar-refractivity contribution is 7.89. The van der Waals surface area contributed by atoms with Gasteiger partial charge in [0.15, 0.2) is 0 Å². The van der Waals surface area contributed by atoms with Crippen molar-refractivity contribution in [2.24, 2.45) is 0 Å². The van der Waals surface area contributed by atoms with Gasteiger partial charge in [-0.25, -0.2) is 9.69 Å². The second kappa shape index (κ2) is 9.16. The number of hydrogen-bond acceptors (Lipinski definition) is 5. The number of carbonyl (C=O) groups excluding carboxylic acids is 2. The molecule has 0 spiro atoms. The predicted octanol–water partition coefficient (Wildman–Crippen LogP) is 2.82. The summed E-state index contributed by atoms with van der Waals surface area (Å²) in [5.41, 5.74) is 2.84. The number of allylic oxidation sites excluding steroid dienone is 2. The molecule has 0 fully saturated rings. The maximum Gasteiger partial charge on any atom is 0.255 e. The van der Waals surface area contributed by atoms with E-state index in [0.717, 1.165) is 12.8 Å². The summed E-state index contributed by atoms with van der Waals surface area (Å²) < 4.78 is 18.5. The van der Waals surface area contributed by atoms with Gasteiger partial charge in [0.25, 0.3) is 5.91 Å². The zero-order valence-electron chi connectivity index (χ0n) is 15.8. The molecule has 1 aliphatic heterocycles. The lowest BCUT2D eigenvalue weighted by molar-refractivity contribution is -0.129. The van der Waals surface area contributed by atoms with Gasteiger partial charge in [0.1, 0.15) is 5.75 Å². The predicted molar refractivity (Wildman–Crippen MR) is 106 cm³/mol. The Bertz CT molecular complexity index is 862. The van der Waals surface area contributed by atoms with Crippen LogP contribution in [0, 0.1) is 0 Å². The Morgan fingerprint density at radius 1 is 1.32 bits per heavy atom. The minimum atomic E-state index is -1.42. The van der Waals surface area contributed by atoms with Crippen molar-refractivity contribution >= 4 is 28.3 Å². The number of hydrogen-bond donors (Lipinski definition) is 2. The Balaban J connectivity index is 1.86. The van der Waals surface area contributed by atoms with E-state index in [9.17, 15) is 13.8 Å². The smallest absolute Gasteiger partial charge is 0.255 e. The van der Waals surface area contributed by atoms with Gasteiger partial charge in [-0.05, 0) is 43.9 Å². The molecule has 8 heteroatoms. The molecule has 2 aliphatic rings. The third-order valence-electron chi connectivity index (χ3n) is 4.90. The first-order chi connectivity index (χ1) is 13.6. The van der Waals surface area contributed by atoms with E-state index in [0.29, 0.717) is 52.6 Å². The Morgan fingerprint density at radius 2 is 2.14 bits per heavy atom. The lowest BCUT2D eigenvalue weighted by Gasteiger charge is -2.24. The maximum absolute atomic E-state index is 13.3. The van der Waals surface area contributed by atoms with Gasteiger partial charge in [-0.2, -0.15) is 0 Å². The summed E-state index contributed by atoms with van der Waals surface area (Å²) in [7, 11) is 0.132. The van der Waals surface area contributed by atoms with Crippen molar-refractivity contribution < 1.29 is 23.7 Å². The third kappa shape index (κ3) is 4.18. The highest BCUT2D eigenvalue weighted by Crippen LogP contribution is 2.38. The minimum absolute atomic E-state index is 0.118. The van der Waals surface area contributed by atoms with E-state index in [1.807, 2.05) is 6.08 Å². The summed E-state index contributed by atoms with van der Waals surface area (Å²) in [6.45, 7) is 0.456. The summed E-state index contributed by atoms with van der Waals surface area (Å²) in [6.07, 6.45) is 7.35. The van der Waals surface area contributed by atoms with Crippen molar-refractivity contribution in [2.45, 2.75) is 43.4 Å². The lowest BCUT2D eigenvalue weighted by atomic mass is 10.0. The van der Waals surface area contributed by atoms with Crippen LogP contribution in [0.4, 0.5) is 5.69 Å². The molecule has 0 radical (unpaired) electrons. The van der Waals surface area contributed by atoms with Crippen LogP contribution >= 0.6 is 0 Å². The molecule has 28 heavy (non-hydrogen) atoms. The van der Waals surface area contributed by atoms with Crippen LogP contribution in [-0.2, 0) is 20.4 Å². The number of ether oxygens (including phenoxy) is 1. The number of benzene rings is 1. The standard InChI is InChI=1S/C20H24N2O5S/c1-27-14-10-11-18-16(13-14)22(12-6-2-3-9-19(23)21-25)20(24)15-7-4-5-8-17(15)28(18)26/h5,8,10-11,13,25H,2-4,6-7,9,12H2,1H3,(H,21,23). The number of nitrogens with one attached hydrogen (secondary N) is 1. The van der Waals surface area contributed by atoms with Gasteiger partial charge in [0.05, 0.1) is 33.4 Å². The fourth-order valence-electron chi connectivity index (χ4n) is 3.42. The molecule has 1 atom stereocenters. The first-order valence-electron chi connectivity index (χ1n) is 9.31. The molecular formula is C20H24N2O5S. The van der Waals surface area contributed by atoms with Crippen molar-refractivity contribution in [1.82, 2.24) is 5.48 Å². The van der Waals surface area contributed by atoms with E-state index < -0.39 is 16.7 Å². The molecule has 150 valence electrons. The number of methoxy groups -OCH3 is 1. The molecule has 0 bridgehead atoms. The SMILES string of the molecule is COc1ccc2c(c1)N(CCCCCC(=O)NO)C(=O)C1=C(C=CCC1)S2=O. The summed E-state index contributed by atoms with van der Waals surface area (Å²) in [5.74, 6) is 0.0662. The van der Waals surface area contributed by atoms with Crippen LogP contribution in [0.2, 0.25) is 0 Å². The molecule has 1 aromatic carbocycles. The molecule has 3 rings (SSSR count). The van der Waals surface area contributed by atoms with E-state index in [4.69, 9.17) is 9.94 Å². The molecule has 1 aliphatic carbocycles. The van der Waals surface area contributed by atoms with E-state index >= 15 is 0 Å². The molecule has 0 saturated carbocycles. The van der Waals surface area contributed by atoms with E-state index in [2.05, 4.69) is 0 Å². The topological polar surface area (TPSA) is 95.9 Å². The number of amides is 2. The summed E-state index contributed by atoms with van der Waals surface area (Å²) >= 11 is 0. The number of rotatable bonds is 7. The van der Waals surface area contributed by atoms with Crippen LogP contribution < -0.4 is 15.1 Å². The third-order valence-corrected chi connectivity index (χ3v) is 6.42. The first kappa shape index (κ1) is 20.3. The largest absolute Gasteiger partial charge is 0.497 e. The number of unbranched alkanes of at least 4 members (excludes halogenated alkanes) is 2. The Kier molecular flexibility index (Phi) is 6.64. The van der Waals surface area contributed by atoms with E-state index in [1.54, 1.807) is 41.8 Å². The molecule has 2 amide bonds. The lowest BCUT2D eigenvalue weighted by Crippen LogP contribution is -2.33. The number of hydroxylamine groups is 1. The maximum atomic E-state index is 13.3. The fourth-order valence-corrected chi connectivity index (χ4v) is 4.84. The monoisotopic (exact) mass is 404 g/mol. The number of nitrogens with zero attached hydrogens (tertiary/aromatic N) is 1. The van der Waals surface area contributed by atoms with Gasteiger partial charge >= 0.3 is 0 Å². The van der Waals surface area contributed by atoms with Crippen LogP contribution in [0.1, 0.15) is 38.5 Å². The Hall–Kier alpha value is -2.45. The van der Waals surface area contributed by atoms with Crippen LogP contribution in [0.5, 0.6) is 5.75 Å². The first-order valence-corrected chi connectivity index (χ1v) is 10.5. The van der Waals surface area contributed by atoms with Crippen LogP contribution in [0.25, 0.3) is 0 Å². The van der Waals surface area contributed by atoms with Gasteiger partial charge in [0.2, 0.25) is 5.91 Å². The summed E-state index contributed by atoms with van der Waals surface area (Å²) in [6, 6.07) is 5.27. The average molecular weight is 404 g/mol. The highest BCUT2D eigenvalue weighted by atomic mass is 32.2. The normalized spacial score (nSPS) is 18.4. The van der Waals surface area contributed by atoms with Crippen molar-refractivity contribution in [3.63, 3.8) is 0 Å². The molecule has 1 heterocycles. The average Bonchev–Trinajstić information content (AvgIpc) is 2.82. The number of carbonyl (C=O) groups is 2. The quantitative estimate of drug-likeness (QED) is 0.414. The van der Waals surface area contributed by atoms with Crippen molar-refractivity contribution in [3.8, 4) is 5.75 Å². The molecule has 2 N–H and O–H groups in total. The molecule has 1 unspecified atom stereocenters. The fraction of sp³-hybridized carbons (Fsp3) is 0.400. The van der Waals surface area contributed by atoms with Crippen molar-refractivity contribution in [2.75, 3.05) is 18.6 Å². The van der Waals surface area contributed by atoms with Gasteiger partial charge in [0, 0.05) is 24.6 Å². The molecule has 0 saturated heterocycles. The van der Waals surface area contributed by atoms with Crippen LogP contribution in [0.3, 0.4) is 0 Å². The molecule has 7 nitrogen and oxygen atoms in total. The van der Waals surface area contributed by atoms with Crippen molar-refractivity contribution in [3.05, 3.63) is 40.8 Å². The summed E-state index contributed by atoms with van der Waals surface area (Å²) in [4.78, 5) is 27.3. The molecular weight excluding hydrogens is 380 g/mol. The van der Waals surface area contributed by atoms with Gasteiger partial charge in [-0.1, -0.05) is 12.5 Å². The van der Waals surface area contributed by atoms with Crippen molar-refractivity contribution in [1.29, 1.82) is 0 Å². The van der Waals surface area contributed by atoms with E-state index in [-0.39, 0.29) is 12.3 Å². The summed E-state index contributed by atoms with van der Waals surface area (Å²) in [5, 5.41) is 8.55. The zero-order chi connectivity index (χ0) is 20.1.